The molecular weight excluding hydrogens is 340 g/mol. The molecule has 2 aromatic heterocycles. The number of anilines is 1. The van der Waals surface area contributed by atoms with Crippen molar-refractivity contribution in [3.8, 4) is 0 Å². The maximum Gasteiger partial charge on any atom is 0.266 e. The van der Waals surface area contributed by atoms with E-state index in [2.05, 4.69) is 31.6 Å². The van der Waals surface area contributed by atoms with E-state index < -0.39 is 0 Å². The van der Waals surface area contributed by atoms with Crippen LogP contribution >= 0.6 is 0 Å². The van der Waals surface area contributed by atoms with Gasteiger partial charge in [0.15, 0.2) is 0 Å². The molecule has 27 heavy (non-hydrogen) atoms. The molecule has 1 N–H and O–H groups in total. The molecule has 1 unspecified atom stereocenters. The first-order valence-corrected chi connectivity index (χ1v) is 10.1. The summed E-state index contributed by atoms with van der Waals surface area (Å²) in [5.41, 5.74) is 2.49. The van der Waals surface area contributed by atoms with Gasteiger partial charge in [-0.1, -0.05) is 6.42 Å². The molecule has 4 rings (SSSR count). The molecule has 0 aromatic carbocycles. The van der Waals surface area contributed by atoms with Gasteiger partial charge in [-0.15, -0.1) is 5.10 Å². The van der Waals surface area contributed by atoms with E-state index in [-0.39, 0.29) is 5.56 Å². The lowest BCUT2D eigenvalue weighted by atomic mass is 9.97. The molecule has 1 aliphatic carbocycles. The fourth-order valence-corrected chi connectivity index (χ4v) is 4.16. The van der Waals surface area contributed by atoms with Crippen molar-refractivity contribution in [2.45, 2.75) is 57.5 Å². The minimum absolute atomic E-state index is 0.0338. The molecule has 7 nitrogen and oxygen atoms in total. The highest BCUT2D eigenvalue weighted by Gasteiger charge is 2.22. The Morgan fingerprint density at radius 1 is 1.11 bits per heavy atom. The van der Waals surface area contributed by atoms with Crippen LogP contribution in [0.1, 0.15) is 43.4 Å². The van der Waals surface area contributed by atoms with E-state index in [1.807, 2.05) is 0 Å². The summed E-state index contributed by atoms with van der Waals surface area (Å²) < 4.78 is 1.55. The van der Waals surface area contributed by atoms with Gasteiger partial charge in [0.2, 0.25) is 0 Å². The summed E-state index contributed by atoms with van der Waals surface area (Å²) in [6.07, 6.45) is 9.97. The normalized spacial score (nSPS) is 20.2. The quantitative estimate of drug-likeness (QED) is 0.839. The third-order valence-corrected chi connectivity index (χ3v) is 5.72. The van der Waals surface area contributed by atoms with Crippen LogP contribution in [0.25, 0.3) is 0 Å². The number of nitrogens with one attached hydrogen (secondary N) is 1. The molecule has 1 aliphatic heterocycles. The zero-order valence-corrected chi connectivity index (χ0v) is 15.8. The van der Waals surface area contributed by atoms with Gasteiger partial charge >= 0.3 is 0 Å². The number of likely N-dealkylation sites (tertiary alicyclic amines) is 1. The van der Waals surface area contributed by atoms with Crippen molar-refractivity contribution in [3.05, 3.63) is 46.0 Å². The number of hydrogen-bond donors (Lipinski definition) is 1. The number of rotatable bonds is 6. The lowest BCUT2D eigenvalue weighted by molar-refractivity contribution is 0.148. The number of fused-ring (bicyclic) bond motifs is 1. The van der Waals surface area contributed by atoms with Gasteiger partial charge in [0.1, 0.15) is 5.82 Å². The second-order valence-corrected chi connectivity index (χ2v) is 7.56. The highest BCUT2D eigenvalue weighted by Crippen LogP contribution is 2.21. The van der Waals surface area contributed by atoms with Crippen LogP contribution in [0.3, 0.4) is 0 Å². The number of nitrogens with zero attached hydrogens (tertiary/aromatic N) is 5. The van der Waals surface area contributed by atoms with E-state index in [4.69, 9.17) is 0 Å². The standard InChI is InChI=1S/C20H28N6O/c27-20-9-5-10-22-26(20)13-12-25-11-4-3-7-17(25)15-21-19-14-16-6-1-2-8-18(16)23-24-19/h5,9-10,14,17H,1-4,6-8,11-13,15H2,(H,21,24). The Bertz CT molecular complexity index is 820. The number of aromatic nitrogens is 4. The van der Waals surface area contributed by atoms with Crippen molar-refractivity contribution in [2.24, 2.45) is 0 Å². The Balaban J connectivity index is 1.35. The van der Waals surface area contributed by atoms with Crippen molar-refractivity contribution in [1.29, 1.82) is 0 Å². The van der Waals surface area contributed by atoms with Gasteiger partial charge in [-0.25, -0.2) is 4.68 Å². The van der Waals surface area contributed by atoms with Crippen molar-refractivity contribution < 1.29 is 0 Å². The largest absolute Gasteiger partial charge is 0.367 e. The highest BCUT2D eigenvalue weighted by molar-refractivity contribution is 5.39. The molecular formula is C20H28N6O. The first kappa shape index (κ1) is 18.1. The Morgan fingerprint density at radius 2 is 2.04 bits per heavy atom. The summed E-state index contributed by atoms with van der Waals surface area (Å²) in [5, 5.41) is 16.5. The Kier molecular flexibility index (Phi) is 5.77. The fraction of sp³-hybridized carbons (Fsp3) is 0.600. The first-order valence-electron chi connectivity index (χ1n) is 10.1. The van der Waals surface area contributed by atoms with E-state index in [0.29, 0.717) is 12.6 Å². The van der Waals surface area contributed by atoms with Crippen LogP contribution < -0.4 is 10.9 Å². The van der Waals surface area contributed by atoms with Crippen molar-refractivity contribution in [2.75, 3.05) is 25.0 Å². The van der Waals surface area contributed by atoms with Crippen LogP contribution in [0, 0.1) is 0 Å². The molecule has 144 valence electrons. The summed E-state index contributed by atoms with van der Waals surface area (Å²) in [6, 6.07) is 5.89. The van der Waals surface area contributed by atoms with Gasteiger partial charge in [0.05, 0.1) is 12.2 Å². The Hall–Kier alpha value is -2.28. The second kappa shape index (κ2) is 8.61. The molecule has 0 bridgehead atoms. The van der Waals surface area contributed by atoms with Gasteiger partial charge in [-0.2, -0.15) is 10.2 Å². The second-order valence-electron chi connectivity index (χ2n) is 7.56. The predicted molar refractivity (Wildman–Crippen MR) is 105 cm³/mol. The van der Waals surface area contributed by atoms with Gasteiger partial charge in [-0.3, -0.25) is 9.69 Å². The molecule has 0 spiro atoms. The van der Waals surface area contributed by atoms with Crippen molar-refractivity contribution in [1.82, 2.24) is 24.9 Å². The van der Waals surface area contributed by atoms with E-state index in [0.717, 1.165) is 38.3 Å². The lowest BCUT2D eigenvalue weighted by Crippen LogP contribution is -2.45. The zero-order chi connectivity index (χ0) is 18.5. The minimum atomic E-state index is -0.0338. The molecule has 0 radical (unpaired) electrons. The van der Waals surface area contributed by atoms with Crippen LogP contribution in [0.2, 0.25) is 0 Å². The molecule has 1 fully saturated rings. The third-order valence-electron chi connectivity index (χ3n) is 5.72. The molecule has 2 aromatic rings. The van der Waals surface area contributed by atoms with Gasteiger partial charge in [-0.05, 0) is 62.8 Å². The Morgan fingerprint density at radius 3 is 2.96 bits per heavy atom. The van der Waals surface area contributed by atoms with Crippen LogP contribution in [-0.4, -0.2) is 50.6 Å². The number of hydrogen-bond acceptors (Lipinski definition) is 6. The molecule has 2 aliphatic rings. The minimum Gasteiger partial charge on any atom is -0.367 e. The van der Waals surface area contributed by atoms with E-state index in [1.165, 1.54) is 43.4 Å². The Labute approximate surface area is 159 Å². The van der Waals surface area contributed by atoms with Crippen LogP contribution in [-0.2, 0) is 19.4 Å². The smallest absolute Gasteiger partial charge is 0.266 e. The summed E-state index contributed by atoms with van der Waals surface area (Å²) in [7, 11) is 0. The summed E-state index contributed by atoms with van der Waals surface area (Å²) in [4.78, 5) is 14.3. The SMILES string of the molecule is O=c1cccnn1CCN1CCCCC1CNc1cc2c(nn1)CCCC2. The molecule has 0 saturated carbocycles. The van der Waals surface area contributed by atoms with Gasteiger partial charge in [0, 0.05) is 31.4 Å². The first-order chi connectivity index (χ1) is 13.3. The lowest BCUT2D eigenvalue weighted by Gasteiger charge is -2.35. The van der Waals surface area contributed by atoms with Crippen molar-refractivity contribution in [3.63, 3.8) is 0 Å². The van der Waals surface area contributed by atoms with E-state index >= 15 is 0 Å². The van der Waals surface area contributed by atoms with Gasteiger partial charge < -0.3 is 5.32 Å². The summed E-state index contributed by atoms with van der Waals surface area (Å²) >= 11 is 0. The average molecular weight is 368 g/mol. The predicted octanol–water partition coefficient (Wildman–Crippen LogP) is 1.88. The molecule has 1 saturated heterocycles. The third kappa shape index (κ3) is 4.53. The van der Waals surface area contributed by atoms with Gasteiger partial charge in [0.25, 0.3) is 5.56 Å². The van der Waals surface area contributed by atoms with E-state index in [9.17, 15) is 4.79 Å². The number of piperidine rings is 1. The molecule has 3 heterocycles. The zero-order valence-electron chi connectivity index (χ0n) is 15.8. The maximum absolute atomic E-state index is 11.9. The molecule has 0 amide bonds. The van der Waals surface area contributed by atoms with Crippen LogP contribution in [0.4, 0.5) is 5.82 Å². The number of aryl methyl sites for hydroxylation is 2. The van der Waals surface area contributed by atoms with Crippen molar-refractivity contribution >= 4 is 5.82 Å². The molecule has 1 atom stereocenters. The van der Waals surface area contributed by atoms with Crippen LogP contribution in [0.5, 0.6) is 0 Å². The highest BCUT2D eigenvalue weighted by atomic mass is 16.1. The monoisotopic (exact) mass is 368 g/mol. The van der Waals surface area contributed by atoms with E-state index in [1.54, 1.807) is 23.0 Å². The molecule has 7 heteroatoms. The maximum atomic E-state index is 11.9. The average Bonchev–Trinajstić information content (AvgIpc) is 2.72. The summed E-state index contributed by atoms with van der Waals surface area (Å²) in [5.74, 6) is 0.891. The fourth-order valence-electron chi connectivity index (χ4n) is 4.16. The summed E-state index contributed by atoms with van der Waals surface area (Å²) in [6.45, 7) is 3.42. The topological polar surface area (TPSA) is 75.9 Å². The van der Waals surface area contributed by atoms with Crippen LogP contribution in [0.15, 0.2) is 29.2 Å².